The van der Waals surface area contributed by atoms with Crippen molar-refractivity contribution in [3.05, 3.63) is 40.4 Å². The van der Waals surface area contributed by atoms with Gasteiger partial charge in [-0.15, -0.1) is 11.3 Å². The number of nitrogens with zero attached hydrogens (tertiary/aromatic N) is 3. The lowest BCUT2D eigenvalue weighted by atomic mass is 10.1. The minimum absolute atomic E-state index is 0.0626. The van der Waals surface area contributed by atoms with Gasteiger partial charge in [-0.2, -0.15) is 0 Å². The lowest BCUT2D eigenvalue weighted by Gasteiger charge is -2.25. The Labute approximate surface area is 173 Å². The second-order valence-electron chi connectivity index (χ2n) is 7.36. The van der Waals surface area contributed by atoms with Crippen molar-refractivity contribution in [1.82, 2.24) is 9.88 Å². The van der Waals surface area contributed by atoms with E-state index in [1.165, 1.54) is 30.6 Å². The van der Waals surface area contributed by atoms with Crippen molar-refractivity contribution in [2.75, 3.05) is 29.9 Å². The van der Waals surface area contributed by atoms with Gasteiger partial charge in [0.15, 0.2) is 5.13 Å². The number of piperidine rings is 1. The Morgan fingerprint density at radius 1 is 1.29 bits per heavy atom. The number of anilines is 2. The van der Waals surface area contributed by atoms with E-state index in [-0.39, 0.29) is 24.2 Å². The number of nitrogens with one attached hydrogen (secondary N) is 1. The summed E-state index contributed by atoms with van der Waals surface area (Å²) < 4.78 is 0. The van der Waals surface area contributed by atoms with E-state index in [0.717, 1.165) is 31.0 Å². The van der Waals surface area contributed by atoms with Gasteiger partial charge in [-0.25, -0.2) is 4.98 Å². The van der Waals surface area contributed by atoms with Crippen LogP contribution in [0.2, 0.25) is 5.02 Å². The first-order valence-corrected chi connectivity index (χ1v) is 10.9. The fourth-order valence-electron chi connectivity index (χ4n) is 3.77. The molecule has 1 atom stereocenters. The molecule has 148 valence electrons. The zero-order valence-corrected chi connectivity index (χ0v) is 17.1. The molecule has 0 spiro atoms. The number of thiazole rings is 1. The van der Waals surface area contributed by atoms with E-state index in [2.05, 4.69) is 15.2 Å². The largest absolute Gasteiger partial charge is 0.312 e. The van der Waals surface area contributed by atoms with Gasteiger partial charge < -0.3 is 10.2 Å². The van der Waals surface area contributed by atoms with Crippen molar-refractivity contribution < 1.29 is 9.59 Å². The maximum Gasteiger partial charge on any atom is 0.231 e. The third-order valence-corrected chi connectivity index (χ3v) is 6.27. The minimum Gasteiger partial charge on any atom is -0.312 e. The molecule has 0 saturated carbocycles. The third kappa shape index (κ3) is 4.54. The van der Waals surface area contributed by atoms with Crippen molar-refractivity contribution >= 4 is 45.6 Å². The lowest BCUT2D eigenvalue weighted by Crippen LogP contribution is -2.29. The summed E-state index contributed by atoms with van der Waals surface area (Å²) in [6.45, 7) is 3.42. The summed E-state index contributed by atoms with van der Waals surface area (Å²) >= 11 is 7.46. The number of amides is 2. The third-order valence-electron chi connectivity index (χ3n) is 5.23. The first kappa shape index (κ1) is 19.4. The molecule has 2 aliphatic rings. The van der Waals surface area contributed by atoms with Crippen molar-refractivity contribution in [3.63, 3.8) is 0 Å². The van der Waals surface area contributed by atoms with Gasteiger partial charge in [-0.1, -0.05) is 24.1 Å². The van der Waals surface area contributed by atoms with Crippen LogP contribution in [0.3, 0.4) is 0 Å². The van der Waals surface area contributed by atoms with E-state index in [9.17, 15) is 9.59 Å². The SMILES string of the molecule is O=C(Nc1nc(CN2CCCCC2)cs1)[C@H]1CC(=O)N(c2cccc(Cl)c2)C1. The van der Waals surface area contributed by atoms with Crippen LogP contribution in [-0.2, 0) is 16.1 Å². The molecule has 8 heteroatoms. The van der Waals surface area contributed by atoms with Crippen LogP contribution < -0.4 is 10.2 Å². The Hall–Kier alpha value is -1.96. The molecule has 0 aliphatic carbocycles. The van der Waals surface area contributed by atoms with Crippen molar-refractivity contribution in [3.8, 4) is 0 Å². The smallest absolute Gasteiger partial charge is 0.231 e. The second kappa shape index (κ2) is 8.59. The molecule has 2 saturated heterocycles. The van der Waals surface area contributed by atoms with Crippen LogP contribution in [-0.4, -0.2) is 41.3 Å². The van der Waals surface area contributed by atoms with Crippen LogP contribution in [0.4, 0.5) is 10.8 Å². The lowest BCUT2D eigenvalue weighted by molar-refractivity contribution is -0.122. The highest BCUT2D eigenvalue weighted by atomic mass is 35.5. The van der Waals surface area contributed by atoms with Crippen LogP contribution in [0, 0.1) is 5.92 Å². The first-order valence-electron chi connectivity index (χ1n) is 9.62. The van der Waals surface area contributed by atoms with Crippen LogP contribution in [0.5, 0.6) is 0 Å². The van der Waals surface area contributed by atoms with E-state index >= 15 is 0 Å². The molecule has 2 aliphatic heterocycles. The van der Waals surface area contributed by atoms with Crippen molar-refractivity contribution in [2.45, 2.75) is 32.2 Å². The monoisotopic (exact) mass is 418 g/mol. The number of halogens is 1. The van der Waals surface area contributed by atoms with Gasteiger partial charge in [0.2, 0.25) is 11.8 Å². The predicted molar refractivity (Wildman–Crippen MR) is 112 cm³/mol. The van der Waals surface area contributed by atoms with E-state index in [4.69, 9.17) is 11.6 Å². The van der Waals surface area contributed by atoms with Gasteiger partial charge in [-0.05, 0) is 44.1 Å². The van der Waals surface area contributed by atoms with Gasteiger partial charge in [-0.3, -0.25) is 14.5 Å². The zero-order chi connectivity index (χ0) is 19.5. The van der Waals surface area contributed by atoms with Gasteiger partial charge in [0, 0.05) is 35.6 Å². The average Bonchev–Trinajstić information content (AvgIpc) is 3.29. The Bertz CT molecular complexity index is 865. The molecule has 2 amide bonds. The van der Waals surface area contributed by atoms with E-state index in [1.54, 1.807) is 23.1 Å². The number of carbonyl (C=O) groups excluding carboxylic acids is 2. The van der Waals surface area contributed by atoms with E-state index in [0.29, 0.717) is 16.7 Å². The standard InChI is InChI=1S/C20H23ClN4O2S/c21-15-5-4-6-17(10-15)25-11-14(9-18(25)26)19(27)23-20-22-16(13-28-20)12-24-7-2-1-3-8-24/h4-6,10,13-14H,1-3,7-9,11-12H2,(H,22,23,27)/t14-/m0/s1. The topological polar surface area (TPSA) is 65.5 Å². The Kier molecular flexibility index (Phi) is 5.94. The summed E-state index contributed by atoms with van der Waals surface area (Å²) in [6, 6.07) is 7.14. The molecule has 28 heavy (non-hydrogen) atoms. The van der Waals surface area contributed by atoms with Crippen LogP contribution in [0.15, 0.2) is 29.6 Å². The maximum absolute atomic E-state index is 12.6. The number of likely N-dealkylation sites (tertiary alicyclic amines) is 1. The average molecular weight is 419 g/mol. The number of hydrogen-bond donors (Lipinski definition) is 1. The molecular formula is C20H23ClN4O2S. The molecular weight excluding hydrogens is 396 g/mol. The second-order valence-corrected chi connectivity index (χ2v) is 8.65. The van der Waals surface area contributed by atoms with Gasteiger partial charge in [0.05, 0.1) is 11.6 Å². The maximum atomic E-state index is 12.6. The molecule has 4 rings (SSSR count). The van der Waals surface area contributed by atoms with Crippen LogP contribution >= 0.6 is 22.9 Å². The quantitative estimate of drug-likeness (QED) is 0.802. The first-order chi connectivity index (χ1) is 13.6. The number of rotatable bonds is 5. The van der Waals surface area contributed by atoms with Gasteiger partial charge in [0.1, 0.15) is 0 Å². The van der Waals surface area contributed by atoms with E-state index in [1.807, 2.05) is 11.4 Å². The van der Waals surface area contributed by atoms with Gasteiger partial charge in [0.25, 0.3) is 0 Å². The number of aromatic nitrogens is 1. The molecule has 0 bridgehead atoms. The van der Waals surface area contributed by atoms with Crippen LogP contribution in [0.25, 0.3) is 0 Å². The Balaban J connectivity index is 1.34. The molecule has 0 unspecified atom stereocenters. The number of carbonyl (C=O) groups is 2. The van der Waals surface area contributed by atoms with Crippen LogP contribution in [0.1, 0.15) is 31.4 Å². The highest BCUT2D eigenvalue weighted by Gasteiger charge is 2.35. The molecule has 1 aromatic heterocycles. The molecule has 2 fully saturated rings. The minimum atomic E-state index is -0.388. The predicted octanol–water partition coefficient (Wildman–Crippen LogP) is 3.77. The highest BCUT2D eigenvalue weighted by molar-refractivity contribution is 7.13. The molecule has 1 N–H and O–H groups in total. The zero-order valence-electron chi connectivity index (χ0n) is 15.6. The highest BCUT2D eigenvalue weighted by Crippen LogP contribution is 2.28. The summed E-state index contributed by atoms with van der Waals surface area (Å²) in [5, 5.41) is 6.07. The molecule has 0 radical (unpaired) electrons. The summed E-state index contributed by atoms with van der Waals surface area (Å²) in [5.74, 6) is -0.606. The van der Waals surface area contributed by atoms with Crippen molar-refractivity contribution in [1.29, 1.82) is 0 Å². The molecule has 1 aromatic carbocycles. The fraction of sp³-hybridized carbons (Fsp3) is 0.450. The van der Waals surface area contributed by atoms with Gasteiger partial charge >= 0.3 is 0 Å². The Morgan fingerprint density at radius 3 is 2.89 bits per heavy atom. The number of benzene rings is 1. The normalized spacial score (nSPS) is 20.5. The molecule has 3 heterocycles. The van der Waals surface area contributed by atoms with E-state index < -0.39 is 0 Å². The summed E-state index contributed by atoms with van der Waals surface area (Å²) in [6.07, 6.45) is 3.99. The molecule has 6 nitrogen and oxygen atoms in total. The fourth-order valence-corrected chi connectivity index (χ4v) is 4.66. The summed E-state index contributed by atoms with van der Waals surface area (Å²) in [5.41, 5.74) is 1.72. The molecule has 2 aromatic rings. The number of hydrogen-bond acceptors (Lipinski definition) is 5. The summed E-state index contributed by atoms with van der Waals surface area (Å²) in [4.78, 5) is 33.6. The van der Waals surface area contributed by atoms with Crippen molar-refractivity contribution in [2.24, 2.45) is 5.92 Å². The Morgan fingerprint density at radius 2 is 2.11 bits per heavy atom. The summed E-state index contributed by atoms with van der Waals surface area (Å²) in [7, 11) is 0.